The molecule has 0 unspecified atom stereocenters. The van der Waals surface area contributed by atoms with E-state index >= 15 is 0 Å². The lowest BCUT2D eigenvalue weighted by Crippen LogP contribution is -2.02. The number of hydrogen-bond donors (Lipinski definition) is 1. The number of hydrogen-bond acceptors (Lipinski definition) is 3. The monoisotopic (exact) mass is 237 g/mol. The average molecular weight is 238 g/mol. The lowest BCUT2D eigenvalue weighted by Gasteiger charge is -1.99. The first-order valence-electron chi connectivity index (χ1n) is 3.91. The van der Waals surface area contributed by atoms with Gasteiger partial charge in [-0.15, -0.1) is 0 Å². The van der Waals surface area contributed by atoms with Crippen LogP contribution in [0.4, 0.5) is 0 Å². The topological polar surface area (TPSA) is 51.8 Å². The second-order valence-electron chi connectivity index (χ2n) is 2.69. The summed E-state index contributed by atoms with van der Waals surface area (Å²) in [6, 6.07) is 5.88. The van der Waals surface area contributed by atoms with E-state index in [2.05, 4.69) is 25.9 Å². The summed E-state index contributed by atoms with van der Waals surface area (Å²) < 4.78 is 1.03. The standard InChI is InChI=1S/C9H8BrN3/c10-7-1-2-8-6(3-7)5-12-9(4-11)13-8/h1-3,5H,4,11H2. The van der Waals surface area contributed by atoms with Gasteiger partial charge in [0.1, 0.15) is 5.82 Å². The summed E-state index contributed by atoms with van der Waals surface area (Å²) in [4.78, 5) is 8.39. The van der Waals surface area contributed by atoms with Crippen molar-refractivity contribution in [2.24, 2.45) is 5.73 Å². The molecule has 2 aromatic rings. The average Bonchev–Trinajstić information content (AvgIpc) is 2.17. The van der Waals surface area contributed by atoms with E-state index in [0.717, 1.165) is 15.4 Å². The van der Waals surface area contributed by atoms with Crippen LogP contribution in [0.15, 0.2) is 28.9 Å². The molecular formula is C9H8BrN3. The van der Waals surface area contributed by atoms with Crippen LogP contribution in [0, 0.1) is 0 Å². The molecule has 13 heavy (non-hydrogen) atoms. The number of nitrogens with zero attached hydrogens (tertiary/aromatic N) is 2. The van der Waals surface area contributed by atoms with Gasteiger partial charge in [-0.05, 0) is 18.2 Å². The van der Waals surface area contributed by atoms with E-state index in [9.17, 15) is 0 Å². The molecule has 0 bridgehead atoms. The summed E-state index contributed by atoms with van der Waals surface area (Å²) in [6.45, 7) is 0.381. The van der Waals surface area contributed by atoms with E-state index in [4.69, 9.17) is 5.73 Å². The SMILES string of the molecule is NCc1ncc2cc(Br)ccc2n1. The second kappa shape index (κ2) is 3.40. The Kier molecular flexibility index (Phi) is 2.24. The van der Waals surface area contributed by atoms with E-state index in [1.165, 1.54) is 0 Å². The third-order valence-electron chi connectivity index (χ3n) is 1.77. The molecule has 0 saturated heterocycles. The predicted molar refractivity (Wildman–Crippen MR) is 55.1 cm³/mol. The van der Waals surface area contributed by atoms with Crippen molar-refractivity contribution >= 4 is 26.8 Å². The molecule has 0 spiro atoms. The van der Waals surface area contributed by atoms with Crippen LogP contribution in [-0.4, -0.2) is 9.97 Å². The van der Waals surface area contributed by atoms with Crippen LogP contribution in [0.5, 0.6) is 0 Å². The van der Waals surface area contributed by atoms with Crippen molar-refractivity contribution in [3.63, 3.8) is 0 Å². The van der Waals surface area contributed by atoms with Crippen LogP contribution in [-0.2, 0) is 6.54 Å². The van der Waals surface area contributed by atoms with Crippen molar-refractivity contribution in [2.75, 3.05) is 0 Å². The first-order chi connectivity index (χ1) is 6.29. The number of nitrogens with two attached hydrogens (primary N) is 1. The minimum atomic E-state index is 0.381. The van der Waals surface area contributed by atoms with E-state index in [-0.39, 0.29) is 0 Å². The Balaban J connectivity index is 2.66. The maximum Gasteiger partial charge on any atom is 0.142 e. The molecule has 0 fully saturated rings. The van der Waals surface area contributed by atoms with Gasteiger partial charge in [0.05, 0.1) is 12.1 Å². The normalized spacial score (nSPS) is 10.6. The predicted octanol–water partition coefficient (Wildman–Crippen LogP) is 1.85. The van der Waals surface area contributed by atoms with E-state index in [0.29, 0.717) is 12.4 Å². The largest absolute Gasteiger partial charge is 0.324 e. The molecule has 3 nitrogen and oxygen atoms in total. The third kappa shape index (κ3) is 1.68. The van der Waals surface area contributed by atoms with Gasteiger partial charge in [0.25, 0.3) is 0 Å². The highest BCUT2D eigenvalue weighted by Crippen LogP contribution is 2.17. The Labute approximate surface area is 84.1 Å². The highest BCUT2D eigenvalue weighted by Gasteiger charge is 1.98. The van der Waals surface area contributed by atoms with Gasteiger partial charge in [-0.1, -0.05) is 15.9 Å². The molecule has 0 aliphatic carbocycles. The van der Waals surface area contributed by atoms with Crippen LogP contribution in [0.3, 0.4) is 0 Å². The Morgan fingerprint density at radius 2 is 2.23 bits per heavy atom. The van der Waals surface area contributed by atoms with Gasteiger partial charge in [-0.25, -0.2) is 9.97 Å². The Morgan fingerprint density at radius 3 is 3.00 bits per heavy atom. The van der Waals surface area contributed by atoms with Crippen LogP contribution in [0.1, 0.15) is 5.82 Å². The van der Waals surface area contributed by atoms with Crippen LogP contribution < -0.4 is 5.73 Å². The molecule has 1 aromatic heterocycles. The highest BCUT2D eigenvalue weighted by molar-refractivity contribution is 9.10. The summed E-state index contributed by atoms with van der Waals surface area (Å²) in [5.41, 5.74) is 6.37. The van der Waals surface area contributed by atoms with Gasteiger partial charge in [0.2, 0.25) is 0 Å². The molecule has 0 atom stereocenters. The fourth-order valence-corrected chi connectivity index (χ4v) is 1.52. The molecule has 1 aromatic carbocycles. The van der Waals surface area contributed by atoms with Crippen LogP contribution >= 0.6 is 15.9 Å². The van der Waals surface area contributed by atoms with Gasteiger partial charge >= 0.3 is 0 Å². The zero-order chi connectivity index (χ0) is 9.26. The molecule has 0 aliphatic heterocycles. The van der Waals surface area contributed by atoms with Gasteiger partial charge in [0, 0.05) is 16.1 Å². The molecule has 0 radical (unpaired) electrons. The first kappa shape index (κ1) is 8.59. The molecule has 2 rings (SSSR count). The minimum absolute atomic E-state index is 0.381. The first-order valence-corrected chi connectivity index (χ1v) is 4.70. The van der Waals surface area contributed by atoms with E-state index in [1.807, 2.05) is 18.2 Å². The summed E-state index contributed by atoms with van der Waals surface area (Å²) in [5.74, 6) is 0.676. The quantitative estimate of drug-likeness (QED) is 0.824. The van der Waals surface area contributed by atoms with Crippen molar-refractivity contribution in [3.05, 3.63) is 34.7 Å². The van der Waals surface area contributed by atoms with Crippen molar-refractivity contribution in [2.45, 2.75) is 6.54 Å². The van der Waals surface area contributed by atoms with Gasteiger partial charge in [-0.2, -0.15) is 0 Å². The molecule has 4 heteroatoms. The fourth-order valence-electron chi connectivity index (χ4n) is 1.14. The third-order valence-corrected chi connectivity index (χ3v) is 2.27. The second-order valence-corrected chi connectivity index (χ2v) is 3.61. The van der Waals surface area contributed by atoms with Crippen molar-refractivity contribution in [1.29, 1.82) is 0 Å². The van der Waals surface area contributed by atoms with Crippen molar-refractivity contribution in [3.8, 4) is 0 Å². The zero-order valence-electron chi connectivity index (χ0n) is 6.87. The molecule has 2 N–H and O–H groups in total. The minimum Gasteiger partial charge on any atom is -0.324 e. The summed E-state index contributed by atoms with van der Waals surface area (Å²) in [6.07, 6.45) is 1.79. The van der Waals surface area contributed by atoms with Crippen LogP contribution in [0.25, 0.3) is 10.9 Å². The smallest absolute Gasteiger partial charge is 0.142 e. The number of fused-ring (bicyclic) bond motifs is 1. The summed E-state index contributed by atoms with van der Waals surface area (Å²) >= 11 is 3.39. The molecule has 0 saturated carbocycles. The molecule has 1 heterocycles. The summed E-state index contributed by atoms with van der Waals surface area (Å²) in [5, 5.41) is 1.02. The molecule has 0 amide bonds. The maximum absolute atomic E-state index is 5.44. The number of benzene rings is 1. The molecular weight excluding hydrogens is 230 g/mol. The van der Waals surface area contributed by atoms with Gasteiger partial charge in [-0.3, -0.25) is 0 Å². The lowest BCUT2D eigenvalue weighted by atomic mass is 10.2. The molecule has 66 valence electrons. The van der Waals surface area contributed by atoms with Gasteiger partial charge in [0.15, 0.2) is 0 Å². The maximum atomic E-state index is 5.44. The highest BCUT2D eigenvalue weighted by atomic mass is 79.9. The van der Waals surface area contributed by atoms with Crippen molar-refractivity contribution < 1.29 is 0 Å². The fraction of sp³-hybridized carbons (Fsp3) is 0.111. The Hall–Kier alpha value is -1.00. The van der Waals surface area contributed by atoms with Gasteiger partial charge < -0.3 is 5.73 Å². The zero-order valence-corrected chi connectivity index (χ0v) is 8.45. The Morgan fingerprint density at radius 1 is 1.38 bits per heavy atom. The summed E-state index contributed by atoms with van der Waals surface area (Å²) in [7, 11) is 0. The lowest BCUT2D eigenvalue weighted by molar-refractivity contribution is 0.926. The number of aromatic nitrogens is 2. The van der Waals surface area contributed by atoms with E-state index < -0.39 is 0 Å². The Bertz CT molecular complexity index is 442. The van der Waals surface area contributed by atoms with Crippen molar-refractivity contribution in [1.82, 2.24) is 9.97 Å². The number of halogens is 1. The van der Waals surface area contributed by atoms with Crippen LogP contribution in [0.2, 0.25) is 0 Å². The number of rotatable bonds is 1. The molecule has 0 aliphatic rings. The van der Waals surface area contributed by atoms with E-state index in [1.54, 1.807) is 6.20 Å².